The molecule has 0 saturated carbocycles. The highest BCUT2D eigenvalue weighted by atomic mass is 35.5. The van der Waals surface area contributed by atoms with E-state index in [1.54, 1.807) is 18.3 Å². The molecule has 0 unspecified atom stereocenters. The molecule has 2 aromatic rings. The quantitative estimate of drug-likeness (QED) is 0.602. The molecule has 3 rings (SSSR count). The third kappa shape index (κ3) is 2.74. The number of fused-ring (bicyclic) bond motifs is 1. The molecule has 0 fully saturated rings. The highest BCUT2D eigenvalue weighted by molar-refractivity contribution is 6.33. The van der Waals surface area contributed by atoms with E-state index in [2.05, 4.69) is 15.6 Å². The number of nitrogens with zero attached hydrogens (tertiary/aromatic N) is 1. The average Bonchev–Trinajstić information content (AvgIpc) is 2.80. The summed E-state index contributed by atoms with van der Waals surface area (Å²) in [5.74, 6) is 0.232. The largest absolute Gasteiger partial charge is 0.392 e. The van der Waals surface area contributed by atoms with E-state index in [1.165, 1.54) is 0 Å². The number of carbonyl (C=O) groups excluding carboxylic acids is 1. The second-order valence-electron chi connectivity index (χ2n) is 4.55. The Bertz CT molecular complexity index is 743. The van der Waals surface area contributed by atoms with Gasteiger partial charge >= 0.3 is 0 Å². The molecule has 1 aliphatic rings. The summed E-state index contributed by atoms with van der Waals surface area (Å²) in [6.07, 6.45) is 1.62. The van der Waals surface area contributed by atoms with Crippen molar-refractivity contribution in [3.05, 3.63) is 58.9 Å². The molecule has 0 saturated heterocycles. The molecule has 0 atom stereocenters. The second kappa shape index (κ2) is 5.55. The van der Waals surface area contributed by atoms with Crippen molar-refractivity contribution < 1.29 is 9.90 Å². The Balaban J connectivity index is 1.88. The fourth-order valence-electron chi connectivity index (χ4n) is 2.10. The lowest BCUT2D eigenvalue weighted by molar-refractivity contribution is -0.110. The van der Waals surface area contributed by atoms with Crippen molar-refractivity contribution in [2.45, 2.75) is 6.61 Å². The first-order valence-corrected chi connectivity index (χ1v) is 6.70. The molecule has 21 heavy (non-hydrogen) atoms. The molecule has 1 aromatic carbocycles. The third-order valence-corrected chi connectivity index (χ3v) is 3.33. The van der Waals surface area contributed by atoms with Crippen molar-refractivity contribution in [3.8, 4) is 0 Å². The smallest absolute Gasteiger partial charge is 0.259 e. The Labute approximate surface area is 126 Å². The predicted octanol–water partition coefficient (Wildman–Crippen LogP) is 2.63. The Morgan fingerprint density at radius 1 is 1.33 bits per heavy atom. The fraction of sp³-hybridized carbons (Fsp3) is 0.0667. The molecule has 1 aliphatic heterocycles. The number of hydrogen-bond acceptors (Lipinski definition) is 4. The van der Waals surface area contributed by atoms with E-state index in [9.17, 15) is 4.79 Å². The molecule has 1 amide bonds. The standard InChI is InChI=1S/C15H12ClN3O2/c16-13-5-4-11-12(15(21)19-14(11)18-13)7-17-10-3-1-2-9(6-10)8-20/h1-7,17,20H,8H2,(H,18,19,21)/b12-7-. The van der Waals surface area contributed by atoms with Gasteiger partial charge in [-0.1, -0.05) is 23.7 Å². The summed E-state index contributed by atoms with van der Waals surface area (Å²) in [7, 11) is 0. The molecule has 2 heterocycles. The van der Waals surface area contributed by atoms with Gasteiger partial charge in [0, 0.05) is 17.5 Å². The van der Waals surface area contributed by atoms with Crippen molar-refractivity contribution in [1.82, 2.24) is 4.98 Å². The number of anilines is 2. The van der Waals surface area contributed by atoms with E-state index in [-0.39, 0.29) is 12.5 Å². The van der Waals surface area contributed by atoms with Crippen LogP contribution in [0.15, 0.2) is 42.6 Å². The summed E-state index contributed by atoms with van der Waals surface area (Å²) in [6, 6.07) is 10.7. The van der Waals surface area contributed by atoms with Gasteiger partial charge in [-0.3, -0.25) is 4.79 Å². The highest BCUT2D eigenvalue weighted by Crippen LogP contribution is 2.31. The Morgan fingerprint density at radius 3 is 3.00 bits per heavy atom. The van der Waals surface area contributed by atoms with Crippen molar-refractivity contribution >= 4 is 34.6 Å². The van der Waals surface area contributed by atoms with Crippen LogP contribution in [0, 0.1) is 0 Å². The van der Waals surface area contributed by atoms with Gasteiger partial charge in [0.1, 0.15) is 11.0 Å². The van der Waals surface area contributed by atoms with Crippen LogP contribution in [-0.2, 0) is 11.4 Å². The third-order valence-electron chi connectivity index (χ3n) is 3.12. The van der Waals surface area contributed by atoms with E-state index in [0.717, 1.165) is 11.3 Å². The minimum Gasteiger partial charge on any atom is -0.392 e. The van der Waals surface area contributed by atoms with Crippen LogP contribution >= 0.6 is 11.6 Å². The maximum absolute atomic E-state index is 11.9. The van der Waals surface area contributed by atoms with Crippen molar-refractivity contribution in [2.24, 2.45) is 0 Å². The molecule has 0 aliphatic carbocycles. The average molecular weight is 302 g/mol. The molecule has 0 bridgehead atoms. The number of aliphatic hydroxyl groups excluding tert-OH is 1. The monoisotopic (exact) mass is 301 g/mol. The number of benzene rings is 1. The fourth-order valence-corrected chi connectivity index (χ4v) is 2.25. The lowest BCUT2D eigenvalue weighted by Crippen LogP contribution is -2.05. The van der Waals surface area contributed by atoms with Gasteiger partial charge in [-0.25, -0.2) is 4.98 Å². The van der Waals surface area contributed by atoms with Crippen LogP contribution in [0.25, 0.3) is 5.57 Å². The summed E-state index contributed by atoms with van der Waals surface area (Å²) in [5, 5.41) is 15.2. The number of hydrogen-bond donors (Lipinski definition) is 3. The number of carbonyl (C=O) groups is 1. The van der Waals surface area contributed by atoms with Crippen molar-refractivity contribution in [2.75, 3.05) is 10.6 Å². The van der Waals surface area contributed by atoms with E-state index in [4.69, 9.17) is 16.7 Å². The Morgan fingerprint density at radius 2 is 2.19 bits per heavy atom. The van der Waals surface area contributed by atoms with Gasteiger partial charge in [0.05, 0.1) is 12.2 Å². The maximum Gasteiger partial charge on any atom is 0.259 e. The van der Waals surface area contributed by atoms with E-state index < -0.39 is 0 Å². The number of aromatic nitrogens is 1. The minimum atomic E-state index is -0.231. The first-order chi connectivity index (χ1) is 10.2. The first-order valence-electron chi connectivity index (χ1n) is 6.32. The molecular weight excluding hydrogens is 290 g/mol. The lowest BCUT2D eigenvalue weighted by atomic mass is 10.1. The number of aliphatic hydroxyl groups is 1. The number of rotatable bonds is 3. The first kappa shape index (κ1) is 13.6. The van der Waals surface area contributed by atoms with Crippen LogP contribution in [0.4, 0.5) is 11.5 Å². The van der Waals surface area contributed by atoms with Gasteiger partial charge in [0.25, 0.3) is 5.91 Å². The highest BCUT2D eigenvalue weighted by Gasteiger charge is 2.25. The molecule has 0 radical (unpaired) electrons. The van der Waals surface area contributed by atoms with Crippen LogP contribution in [-0.4, -0.2) is 16.0 Å². The SMILES string of the molecule is O=C1Nc2nc(Cl)ccc2/C1=C/Nc1cccc(CO)c1. The number of amides is 1. The predicted molar refractivity (Wildman–Crippen MR) is 81.8 cm³/mol. The normalized spacial score (nSPS) is 15.0. The number of pyridine rings is 1. The van der Waals surface area contributed by atoms with Crippen LogP contribution < -0.4 is 10.6 Å². The molecule has 6 heteroatoms. The number of nitrogens with one attached hydrogen (secondary N) is 2. The van der Waals surface area contributed by atoms with Gasteiger partial charge in [0.15, 0.2) is 0 Å². The zero-order valence-electron chi connectivity index (χ0n) is 10.9. The number of halogens is 1. The van der Waals surface area contributed by atoms with Gasteiger partial charge < -0.3 is 15.7 Å². The van der Waals surface area contributed by atoms with Gasteiger partial charge in [-0.2, -0.15) is 0 Å². The van der Waals surface area contributed by atoms with E-state index >= 15 is 0 Å². The topological polar surface area (TPSA) is 74.2 Å². The maximum atomic E-state index is 11.9. The summed E-state index contributed by atoms with van der Waals surface area (Å²) in [5.41, 5.74) is 2.78. The summed E-state index contributed by atoms with van der Waals surface area (Å²) < 4.78 is 0. The molecule has 1 aromatic heterocycles. The molecular formula is C15H12ClN3O2. The Hall–Kier alpha value is -2.37. The van der Waals surface area contributed by atoms with E-state index in [0.29, 0.717) is 22.1 Å². The zero-order valence-corrected chi connectivity index (χ0v) is 11.7. The zero-order chi connectivity index (χ0) is 14.8. The van der Waals surface area contributed by atoms with Crippen LogP contribution in [0.5, 0.6) is 0 Å². The van der Waals surface area contributed by atoms with Crippen LogP contribution in [0.3, 0.4) is 0 Å². The summed E-state index contributed by atoms with van der Waals surface area (Å²) in [6.45, 7) is -0.0299. The van der Waals surface area contributed by atoms with E-state index in [1.807, 2.05) is 24.3 Å². The van der Waals surface area contributed by atoms with Gasteiger partial charge in [0.2, 0.25) is 0 Å². The van der Waals surface area contributed by atoms with Crippen LogP contribution in [0.1, 0.15) is 11.1 Å². The second-order valence-corrected chi connectivity index (χ2v) is 4.93. The van der Waals surface area contributed by atoms with Gasteiger partial charge in [-0.15, -0.1) is 0 Å². The minimum absolute atomic E-state index is 0.0299. The van der Waals surface area contributed by atoms with Crippen molar-refractivity contribution in [1.29, 1.82) is 0 Å². The van der Waals surface area contributed by atoms with Crippen molar-refractivity contribution in [3.63, 3.8) is 0 Å². The lowest BCUT2D eigenvalue weighted by Gasteiger charge is -2.04. The van der Waals surface area contributed by atoms with Crippen LogP contribution in [0.2, 0.25) is 5.15 Å². The molecule has 3 N–H and O–H groups in total. The molecule has 0 spiro atoms. The Kier molecular flexibility index (Phi) is 3.60. The van der Waals surface area contributed by atoms with Gasteiger partial charge in [-0.05, 0) is 29.8 Å². The summed E-state index contributed by atoms with van der Waals surface area (Å²) in [4.78, 5) is 16.0. The molecule has 106 valence electrons. The summed E-state index contributed by atoms with van der Waals surface area (Å²) >= 11 is 5.80. The molecule has 5 nitrogen and oxygen atoms in total.